The molecular formula is C21H28F2N2O2. The first kappa shape index (κ1) is 19.8. The highest BCUT2D eigenvalue weighted by atomic mass is 19.1. The van der Waals surface area contributed by atoms with Crippen molar-refractivity contribution < 1.29 is 18.4 Å². The molecule has 27 heavy (non-hydrogen) atoms. The van der Waals surface area contributed by atoms with Crippen LogP contribution in [-0.2, 0) is 4.79 Å². The Labute approximate surface area is 159 Å². The van der Waals surface area contributed by atoms with Crippen LogP contribution in [0.25, 0.3) is 0 Å². The average Bonchev–Trinajstić information content (AvgIpc) is 2.67. The fourth-order valence-electron chi connectivity index (χ4n) is 4.49. The van der Waals surface area contributed by atoms with Crippen LogP contribution in [0, 0.1) is 23.5 Å². The Hall–Kier alpha value is -1.98. The van der Waals surface area contributed by atoms with E-state index in [1.54, 1.807) is 4.90 Å². The molecule has 1 aromatic rings. The lowest BCUT2D eigenvalue weighted by Gasteiger charge is -2.39. The number of likely N-dealkylation sites (tertiary alicyclic amines) is 1. The predicted molar refractivity (Wildman–Crippen MR) is 99.2 cm³/mol. The number of carbonyl (C=O) groups excluding carboxylic acids is 2. The van der Waals surface area contributed by atoms with Crippen LogP contribution in [-0.4, -0.2) is 47.8 Å². The van der Waals surface area contributed by atoms with E-state index in [0.29, 0.717) is 37.9 Å². The molecule has 0 spiro atoms. The molecule has 1 saturated carbocycles. The van der Waals surface area contributed by atoms with E-state index >= 15 is 0 Å². The molecule has 6 heteroatoms. The van der Waals surface area contributed by atoms with Gasteiger partial charge in [0.05, 0.1) is 5.56 Å². The van der Waals surface area contributed by atoms with Gasteiger partial charge in [0.25, 0.3) is 5.91 Å². The monoisotopic (exact) mass is 378 g/mol. The largest absolute Gasteiger partial charge is 0.342 e. The molecule has 2 aliphatic rings. The van der Waals surface area contributed by atoms with Crippen molar-refractivity contribution in [3.8, 4) is 0 Å². The van der Waals surface area contributed by atoms with E-state index in [1.807, 2.05) is 11.9 Å². The highest BCUT2D eigenvalue weighted by Gasteiger charge is 2.34. The lowest BCUT2D eigenvalue weighted by molar-refractivity contribution is -0.139. The first-order chi connectivity index (χ1) is 12.9. The smallest absolute Gasteiger partial charge is 0.256 e. The Morgan fingerprint density at radius 2 is 1.74 bits per heavy atom. The highest BCUT2D eigenvalue weighted by Crippen LogP contribution is 2.30. The highest BCUT2D eigenvalue weighted by molar-refractivity contribution is 5.94. The maximum Gasteiger partial charge on any atom is 0.256 e. The maximum absolute atomic E-state index is 13.9. The van der Waals surface area contributed by atoms with Gasteiger partial charge in [0.15, 0.2) is 0 Å². The van der Waals surface area contributed by atoms with Gasteiger partial charge in [-0.2, -0.15) is 0 Å². The van der Waals surface area contributed by atoms with Gasteiger partial charge in [-0.3, -0.25) is 9.59 Å². The summed E-state index contributed by atoms with van der Waals surface area (Å²) < 4.78 is 26.9. The number of piperidine rings is 1. The van der Waals surface area contributed by atoms with Crippen molar-refractivity contribution in [2.45, 2.75) is 51.5 Å². The van der Waals surface area contributed by atoms with Gasteiger partial charge in [-0.25, -0.2) is 8.78 Å². The SMILES string of the molecule is CC1CCCCC1N(C)C(=O)C1CCN(C(=O)c2ccc(F)cc2F)CC1. The van der Waals surface area contributed by atoms with E-state index < -0.39 is 17.5 Å². The fourth-order valence-corrected chi connectivity index (χ4v) is 4.49. The fraction of sp³-hybridized carbons (Fsp3) is 0.619. The molecule has 4 nitrogen and oxygen atoms in total. The van der Waals surface area contributed by atoms with Crippen LogP contribution in [0.4, 0.5) is 8.78 Å². The third-order valence-corrected chi connectivity index (χ3v) is 6.20. The topological polar surface area (TPSA) is 40.6 Å². The van der Waals surface area contributed by atoms with E-state index in [0.717, 1.165) is 18.6 Å². The molecule has 2 unspecified atom stereocenters. The van der Waals surface area contributed by atoms with Crippen LogP contribution in [0.2, 0.25) is 0 Å². The zero-order valence-electron chi connectivity index (χ0n) is 16.1. The van der Waals surface area contributed by atoms with Crippen LogP contribution in [0.15, 0.2) is 18.2 Å². The molecule has 2 fully saturated rings. The minimum Gasteiger partial charge on any atom is -0.342 e. The zero-order valence-corrected chi connectivity index (χ0v) is 16.1. The second kappa shape index (κ2) is 8.36. The summed E-state index contributed by atoms with van der Waals surface area (Å²) >= 11 is 0. The zero-order chi connectivity index (χ0) is 19.6. The minimum atomic E-state index is -0.843. The first-order valence-electron chi connectivity index (χ1n) is 9.89. The Bertz CT molecular complexity index is 701. The number of halogens is 2. The lowest BCUT2D eigenvalue weighted by Crippen LogP contribution is -2.48. The quantitative estimate of drug-likeness (QED) is 0.802. The summed E-state index contributed by atoms with van der Waals surface area (Å²) in [4.78, 5) is 28.9. The van der Waals surface area contributed by atoms with Crippen LogP contribution in [0.1, 0.15) is 55.8 Å². The number of hydrogen-bond acceptors (Lipinski definition) is 2. The Morgan fingerprint density at radius 3 is 2.37 bits per heavy atom. The number of benzene rings is 1. The number of amides is 2. The van der Waals surface area contributed by atoms with E-state index in [4.69, 9.17) is 0 Å². The molecule has 1 aromatic carbocycles. The average molecular weight is 378 g/mol. The van der Waals surface area contributed by atoms with Gasteiger partial charge in [-0.05, 0) is 43.7 Å². The molecule has 0 bridgehead atoms. The predicted octanol–water partition coefficient (Wildman–Crippen LogP) is 3.85. The van der Waals surface area contributed by atoms with Crippen molar-refractivity contribution in [2.24, 2.45) is 11.8 Å². The molecule has 2 atom stereocenters. The van der Waals surface area contributed by atoms with Gasteiger partial charge >= 0.3 is 0 Å². The van der Waals surface area contributed by atoms with Gasteiger partial charge in [0.1, 0.15) is 11.6 Å². The molecule has 2 amide bonds. The Balaban J connectivity index is 1.58. The summed E-state index contributed by atoms with van der Waals surface area (Å²) in [6, 6.07) is 3.30. The van der Waals surface area contributed by atoms with Crippen molar-refractivity contribution in [3.05, 3.63) is 35.4 Å². The molecule has 3 rings (SSSR count). The van der Waals surface area contributed by atoms with Gasteiger partial charge in [0.2, 0.25) is 5.91 Å². The third kappa shape index (κ3) is 4.30. The standard InChI is InChI=1S/C21H28F2N2O2/c1-14-5-3-4-6-19(14)24(2)20(26)15-9-11-25(12-10-15)21(27)17-8-7-16(22)13-18(17)23/h7-8,13-15,19H,3-6,9-12H2,1-2H3. The molecule has 1 aliphatic heterocycles. The lowest BCUT2D eigenvalue weighted by atomic mass is 9.84. The molecule has 148 valence electrons. The second-order valence-electron chi connectivity index (χ2n) is 7.97. The van der Waals surface area contributed by atoms with Crippen molar-refractivity contribution in [1.29, 1.82) is 0 Å². The summed E-state index contributed by atoms with van der Waals surface area (Å²) in [5, 5.41) is 0. The number of hydrogen-bond donors (Lipinski definition) is 0. The molecule has 0 radical (unpaired) electrons. The van der Waals surface area contributed by atoms with Gasteiger partial charge in [0, 0.05) is 38.2 Å². The number of nitrogens with zero attached hydrogens (tertiary/aromatic N) is 2. The minimum absolute atomic E-state index is 0.0914. The summed E-state index contributed by atoms with van der Waals surface area (Å²) in [6.07, 6.45) is 5.80. The first-order valence-corrected chi connectivity index (χ1v) is 9.89. The third-order valence-electron chi connectivity index (χ3n) is 6.20. The van der Waals surface area contributed by atoms with Crippen molar-refractivity contribution in [2.75, 3.05) is 20.1 Å². The Morgan fingerprint density at radius 1 is 1.07 bits per heavy atom. The van der Waals surface area contributed by atoms with Crippen LogP contribution >= 0.6 is 0 Å². The van der Waals surface area contributed by atoms with Crippen LogP contribution < -0.4 is 0 Å². The molecule has 1 saturated heterocycles. The van der Waals surface area contributed by atoms with Crippen molar-refractivity contribution >= 4 is 11.8 Å². The molecule has 0 N–H and O–H groups in total. The van der Waals surface area contributed by atoms with Crippen LogP contribution in [0.3, 0.4) is 0 Å². The molecule has 1 heterocycles. The van der Waals surface area contributed by atoms with Crippen molar-refractivity contribution in [3.63, 3.8) is 0 Å². The second-order valence-corrected chi connectivity index (χ2v) is 7.97. The van der Waals surface area contributed by atoms with E-state index in [2.05, 4.69) is 6.92 Å². The van der Waals surface area contributed by atoms with Crippen molar-refractivity contribution in [1.82, 2.24) is 9.80 Å². The normalized spacial score (nSPS) is 23.9. The molecule has 0 aromatic heterocycles. The van der Waals surface area contributed by atoms with E-state index in [9.17, 15) is 18.4 Å². The maximum atomic E-state index is 13.9. The molecule has 1 aliphatic carbocycles. The van der Waals surface area contributed by atoms with E-state index in [-0.39, 0.29) is 17.4 Å². The summed E-state index contributed by atoms with van der Waals surface area (Å²) in [7, 11) is 1.90. The summed E-state index contributed by atoms with van der Waals surface area (Å²) in [5.41, 5.74) is -0.116. The number of carbonyl (C=O) groups is 2. The summed E-state index contributed by atoms with van der Waals surface area (Å²) in [6.45, 7) is 3.05. The van der Waals surface area contributed by atoms with Gasteiger partial charge in [-0.15, -0.1) is 0 Å². The van der Waals surface area contributed by atoms with E-state index in [1.165, 1.54) is 25.3 Å². The summed E-state index contributed by atoms with van der Waals surface area (Å²) in [5.74, 6) is -1.39. The van der Waals surface area contributed by atoms with Gasteiger partial charge in [-0.1, -0.05) is 19.8 Å². The van der Waals surface area contributed by atoms with Gasteiger partial charge < -0.3 is 9.80 Å². The van der Waals surface area contributed by atoms with Crippen LogP contribution in [0.5, 0.6) is 0 Å². The number of rotatable bonds is 3. The Kier molecular flexibility index (Phi) is 6.12. The molecular weight excluding hydrogens is 350 g/mol.